The number of Topliss-reactive ketones (excluding diaryl/α,β-unsaturated/α-hetero) is 1. The summed E-state index contributed by atoms with van der Waals surface area (Å²) in [7, 11) is 0. The first-order chi connectivity index (χ1) is 12.0. The highest BCUT2D eigenvalue weighted by molar-refractivity contribution is 7.79. The van der Waals surface area contributed by atoms with E-state index < -0.39 is 0 Å². The molecule has 3 fully saturated rings. The summed E-state index contributed by atoms with van der Waals surface area (Å²) in [6.45, 7) is 6.16. The van der Waals surface area contributed by atoms with Crippen molar-refractivity contribution in [2.24, 2.45) is 34.5 Å². The second kappa shape index (κ2) is 5.97. The van der Waals surface area contributed by atoms with Crippen molar-refractivity contribution in [3.63, 3.8) is 0 Å². The Kier molecular flexibility index (Phi) is 4.14. The SMILES string of the molecule is C=CCC1CC(=O)[C@@]2(C)CC[C@H]3[C@@H](CCC4=CC(=O)CC[C@@]43C=S)[C@H]12. The van der Waals surface area contributed by atoms with Crippen LogP contribution >= 0.6 is 12.2 Å². The summed E-state index contributed by atoms with van der Waals surface area (Å²) in [4.78, 5) is 24.8. The Morgan fingerprint density at radius 1 is 1.28 bits per heavy atom. The van der Waals surface area contributed by atoms with Gasteiger partial charge < -0.3 is 0 Å². The van der Waals surface area contributed by atoms with Crippen LogP contribution < -0.4 is 0 Å². The predicted molar refractivity (Wildman–Crippen MR) is 103 cm³/mol. The van der Waals surface area contributed by atoms with Gasteiger partial charge in [0.2, 0.25) is 0 Å². The molecule has 0 amide bonds. The van der Waals surface area contributed by atoms with E-state index in [-0.39, 0.29) is 16.6 Å². The maximum atomic E-state index is 12.8. The summed E-state index contributed by atoms with van der Waals surface area (Å²) in [5, 5.41) is 1.99. The molecule has 0 aromatic heterocycles. The van der Waals surface area contributed by atoms with Gasteiger partial charge in [0.15, 0.2) is 5.78 Å². The van der Waals surface area contributed by atoms with Gasteiger partial charge in [0.25, 0.3) is 0 Å². The fourth-order valence-corrected chi connectivity index (χ4v) is 7.42. The fourth-order valence-electron chi connectivity index (χ4n) is 6.98. The number of hydrogen-bond donors (Lipinski definition) is 0. The van der Waals surface area contributed by atoms with Crippen molar-refractivity contribution in [3.8, 4) is 0 Å². The largest absolute Gasteiger partial charge is 0.299 e. The molecule has 0 spiro atoms. The summed E-state index contributed by atoms with van der Waals surface area (Å²) < 4.78 is 0. The van der Waals surface area contributed by atoms with Gasteiger partial charge in [-0.15, -0.1) is 6.58 Å². The Morgan fingerprint density at radius 3 is 2.80 bits per heavy atom. The molecule has 3 heteroatoms. The van der Waals surface area contributed by atoms with E-state index in [1.807, 2.05) is 17.5 Å². The molecule has 0 heterocycles. The van der Waals surface area contributed by atoms with Crippen molar-refractivity contribution >= 4 is 29.2 Å². The van der Waals surface area contributed by atoms with Crippen LogP contribution in [-0.4, -0.2) is 16.9 Å². The highest BCUT2D eigenvalue weighted by atomic mass is 32.1. The minimum absolute atomic E-state index is 0.0716. The first kappa shape index (κ1) is 17.3. The summed E-state index contributed by atoms with van der Waals surface area (Å²) >= 11 is 5.56. The van der Waals surface area contributed by atoms with Gasteiger partial charge in [0.1, 0.15) is 5.78 Å². The smallest absolute Gasteiger partial charge is 0.155 e. The zero-order valence-electron chi connectivity index (χ0n) is 15.1. The molecule has 4 aliphatic carbocycles. The molecule has 6 atom stereocenters. The first-order valence-electron chi connectivity index (χ1n) is 9.80. The summed E-state index contributed by atoms with van der Waals surface area (Å²) in [5.74, 6) is 2.71. The minimum atomic E-state index is -0.150. The predicted octanol–water partition coefficient (Wildman–Crippen LogP) is 4.87. The zero-order valence-corrected chi connectivity index (χ0v) is 15.9. The van der Waals surface area contributed by atoms with Crippen molar-refractivity contribution in [3.05, 3.63) is 24.3 Å². The number of rotatable bonds is 3. The number of hydrogen-bond acceptors (Lipinski definition) is 3. The van der Waals surface area contributed by atoms with E-state index >= 15 is 0 Å². The molecule has 4 aliphatic rings. The molecule has 0 radical (unpaired) electrons. The maximum absolute atomic E-state index is 12.8. The van der Waals surface area contributed by atoms with E-state index in [1.54, 1.807) is 0 Å². The molecule has 1 unspecified atom stereocenters. The van der Waals surface area contributed by atoms with Gasteiger partial charge in [-0.05, 0) is 73.6 Å². The van der Waals surface area contributed by atoms with E-state index in [1.165, 1.54) is 5.57 Å². The second-order valence-electron chi connectivity index (χ2n) is 9.00. The van der Waals surface area contributed by atoms with Crippen LogP contribution in [0.3, 0.4) is 0 Å². The van der Waals surface area contributed by atoms with Crippen molar-refractivity contribution in [2.45, 2.75) is 58.3 Å². The van der Waals surface area contributed by atoms with Crippen LogP contribution in [0.4, 0.5) is 0 Å². The highest BCUT2D eigenvalue weighted by Crippen LogP contribution is 2.65. The van der Waals surface area contributed by atoms with E-state index in [0.29, 0.717) is 35.9 Å². The Labute approximate surface area is 156 Å². The third-order valence-electron chi connectivity index (χ3n) is 8.09. The van der Waals surface area contributed by atoms with E-state index in [4.69, 9.17) is 12.2 Å². The van der Waals surface area contributed by atoms with Crippen LogP contribution in [0.15, 0.2) is 24.3 Å². The fraction of sp³-hybridized carbons (Fsp3) is 0.682. The molecule has 0 bridgehead atoms. The quantitative estimate of drug-likeness (QED) is 0.534. The molecule has 0 saturated heterocycles. The van der Waals surface area contributed by atoms with Crippen LogP contribution in [0, 0.1) is 34.5 Å². The van der Waals surface area contributed by atoms with Crippen LogP contribution in [-0.2, 0) is 9.59 Å². The van der Waals surface area contributed by atoms with E-state index in [2.05, 4.69) is 13.5 Å². The molecular formula is C22H28O2S. The Hall–Kier alpha value is -1.09. The van der Waals surface area contributed by atoms with Crippen LogP contribution in [0.1, 0.15) is 58.3 Å². The number of thiocarbonyl (C=S) groups is 1. The van der Waals surface area contributed by atoms with Gasteiger partial charge in [-0.2, -0.15) is 0 Å². The first-order valence-corrected chi connectivity index (χ1v) is 10.3. The van der Waals surface area contributed by atoms with Crippen LogP contribution in [0.2, 0.25) is 0 Å². The average Bonchev–Trinajstić information content (AvgIpc) is 2.85. The molecule has 25 heavy (non-hydrogen) atoms. The maximum Gasteiger partial charge on any atom is 0.155 e. The van der Waals surface area contributed by atoms with Gasteiger partial charge in [0.05, 0.1) is 0 Å². The topological polar surface area (TPSA) is 34.1 Å². The van der Waals surface area contributed by atoms with E-state index in [0.717, 1.165) is 44.9 Å². The van der Waals surface area contributed by atoms with Gasteiger partial charge in [-0.25, -0.2) is 0 Å². The lowest BCUT2D eigenvalue weighted by molar-refractivity contribution is -0.132. The lowest BCUT2D eigenvalue weighted by atomic mass is 9.46. The zero-order chi connectivity index (χ0) is 17.8. The number of carbonyl (C=O) groups excluding carboxylic acids is 2. The Bertz CT molecular complexity index is 678. The minimum Gasteiger partial charge on any atom is -0.299 e. The molecule has 3 saturated carbocycles. The van der Waals surface area contributed by atoms with Gasteiger partial charge in [0, 0.05) is 23.7 Å². The third-order valence-corrected chi connectivity index (χ3v) is 8.51. The monoisotopic (exact) mass is 356 g/mol. The second-order valence-corrected chi connectivity index (χ2v) is 9.23. The van der Waals surface area contributed by atoms with Crippen molar-refractivity contribution in [1.29, 1.82) is 0 Å². The Balaban J connectivity index is 1.75. The van der Waals surface area contributed by atoms with Crippen molar-refractivity contribution in [2.75, 3.05) is 0 Å². The van der Waals surface area contributed by atoms with Crippen LogP contribution in [0.5, 0.6) is 0 Å². The number of allylic oxidation sites excluding steroid dienone is 2. The number of carbonyl (C=O) groups is 2. The lowest BCUT2D eigenvalue weighted by Crippen LogP contribution is -2.53. The molecule has 134 valence electrons. The lowest BCUT2D eigenvalue weighted by Gasteiger charge is -2.57. The molecule has 0 aromatic carbocycles. The molecule has 4 rings (SSSR count). The summed E-state index contributed by atoms with van der Waals surface area (Å²) in [6, 6.07) is 0. The van der Waals surface area contributed by atoms with Gasteiger partial charge in [-0.1, -0.05) is 30.8 Å². The number of ketones is 2. The van der Waals surface area contributed by atoms with Gasteiger partial charge in [-0.3, -0.25) is 9.59 Å². The highest BCUT2D eigenvalue weighted by Gasteiger charge is 2.62. The van der Waals surface area contributed by atoms with Crippen LogP contribution in [0.25, 0.3) is 0 Å². The van der Waals surface area contributed by atoms with E-state index in [9.17, 15) is 9.59 Å². The molecule has 2 nitrogen and oxygen atoms in total. The summed E-state index contributed by atoms with van der Waals surface area (Å²) in [5.41, 5.74) is 1.06. The Morgan fingerprint density at radius 2 is 2.08 bits per heavy atom. The molecule has 0 aliphatic heterocycles. The standard InChI is InChI=1S/C22H28O2S/c1-3-4-14-11-19(24)21(2)9-8-18-17(20(14)21)6-5-15-12-16(23)7-10-22(15,18)13-25/h3,12-14,17-18,20H,1,4-11H2,2H3/t14?,17-,18+,20+,21-,22-/m1/s1. The van der Waals surface area contributed by atoms with Crippen molar-refractivity contribution in [1.82, 2.24) is 0 Å². The molecular weight excluding hydrogens is 328 g/mol. The number of fused-ring (bicyclic) bond motifs is 5. The summed E-state index contributed by atoms with van der Waals surface area (Å²) in [6.07, 6.45) is 11.2. The molecule has 0 aromatic rings. The normalized spacial score (nSPS) is 45.9. The third kappa shape index (κ3) is 2.31. The van der Waals surface area contributed by atoms with Crippen molar-refractivity contribution < 1.29 is 9.59 Å². The average molecular weight is 357 g/mol. The van der Waals surface area contributed by atoms with Gasteiger partial charge >= 0.3 is 0 Å². The molecule has 0 N–H and O–H groups in total.